The van der Waals surface area contributed by atoms with E-state index in [2.05, 4.69) is 4.36 Å². The van der Waals surface area contributed by atoms with E-state index in [4.69, 9.17) is 0 Å². The van der Waals surface area contributed by atoms with Crippen molar-refractivity contribution in [2.45, 2.75) is 57.0 Å². The van der Waals surface area contributed by atoms with Gasteiger partial charge in [0.05, 0.1) is 18.6 Å². The van der Waals surface area contributed by atoms with Crippen LogP contribution in [-0.2, 0) is 14.5 Å². The molecule has 0 unspecified atom stereocenters. The first-order valence-electron chi connectivity index (χ1n) is 8.40. The van der Waals surface area contributed by atoms with Gasteiger partial charge in [-0.25, -0.2) is 4.36 Å². The Labute approximate surface area is 134 Å². The Balaban J connectivity index is 1.78. The highest BCUT2D eigenvalue weighted by Gasteiger charge is 2.34. The van der Waals surface area contributed by atoms with Gasteiger partial charge in [-0.05, 0) is 31.6 Å². The van der Waals surface area contributed by atoms with E-state index in [1.54, 1.807) is 12.5 Å². The predicted octanol–water partition coefficient (Wildman–Crippen LogP) is 2.04. The molecule has 2 rings (SSSR count). The SMILES string of the molecule is CS(C)(=O)=NCC1CCN(C(=O)CC2(O)CCCCC2)CC1. The molecule has 0 bridgehead atoms. The normalized spacial score (nSPS) is 23.3. The average molecular weight is 330 g/mol. The highest BCUT2D eigenvalue weighted by molar-refractivity contribution is 7.92. The van der Waals surface area contributed by atoms with Gasteiger partial charge in [-0.3, -0.25) is 9.00 Å². The van der Waals surface area contributed by atoms with Crippen LogP contribution in [0.2, 0.25) is 0 Å². The third-order valence-electron chi connectivity index (χ3n) is 4.88. The summed E-state index contributed by atoms with van der Waals surface area (Å²) in [6.45, 7) is 2.12. The van der Waals surface area contributed by atoms with Crippen molar-refractivity contribution in [3.63, 3.8) is 0 Å². The highest BCUT2D eigenvalue weighted by Crippen LogP contribution is 2.32. The molecule has 1 amide bonds. The smallest absolute Gasteiger partial charge is 0.225 e. The minimum atomic E-state index is -2.02. The van der Waals surface area contributed by atoms with Gasteiger partial charge in [0, 0.05) is 35.3 Å². The Hall–Kier alpha value is -0.620. The summed E-state index contributed by atoms with van der Waals surface area (Å²) in [5, 5.41) is 10.5. The summed E-state index contributed by atoms with van der Waals surface area (Å²) >= 11 is 0. The fraction of sp³-hybridized carbons (Fsp3) is 0.938. The van der Waals surface area contributed by atoms with E-state index >= 15 is 0 Å². The van der Waals surface area contributed by atoms with E-state index in [9.17, 15) is 14.1 Å². The summed E-state index contributed by atoms with van der Waals surface area (Å²) in [6.07, 6.45) is 10.2. The Bertz CT molecular complexity index is 490. The lowest BCUT2D eigenvalue weighted by molar-refractivity contribution is -0.139. The van der Waals surface area contributed by atoms with Crippen LogP contribution in [0, 0.1) is 5.92 Å². The molecule has 1 heterocycles. The van der Waals surface area contributed by atoms with Crippen molar-refractivity contribution >= 4 is 15.6 Å². The second-order valence-electron chi connectivity index (χ2n) is 7.28. The molecule has 1 aliphatic carbocycles. The lowest BCUT2D eigenvalue weighted by atomic mass is 9.82. The Kier molecular flexibility index (Phi) is 5.88. The number of nitrogens with zero attached hydrogens (tertiary/aromatic N) is 2. The van der Waals surface area contributed by atoms with Crippen LogP contribution in [0.25, 0.3) is 0 Å². The van der Waals surface area contributed by atoms with Crippen molar-refractivity contribution < 1.29 is 14.1 Å². The van der Waals surface area contributed by atoms with Crippen molar-refractivity contribution in [2.75, 3.05) is 32.1 Å². The largest absolute Gasteiger partial charge is 0.389 e. The molecule has 5 nitrogen and oxygen atoms in total. The molecular formula is C16H30N2O3S. The van der Waals surface area contributed by atoms with Crippen LogP contribution in [0.1, 0.15) is 51.4 Å². The fourth-order valence-electron chi connectivity index (χ4n) is 3.43. The molecule has 1 aliphatic heterocycles. The van der Waals surface area contributed by atoms with Gasteiger partial charge in [0.1, 0.15) is 0 Å². The maximum atomic E-state index is 12.4. The molecule has 0 aromatic heterocycles. The highest BCUT2D eigenvalue weighted by atomic mass is 32.2. The number of piperidine rings is 1. The van der Waals surface area contributed by atoms with Gasteiger partial charge in [-0.1, -0.05) is 19.3 Å². The zero-order chi connectivity index (χ0) is 16.2. The second kappa shape index (κ2) is 7.30. The maximum absolute atomic E-state index is 12.4. The van der Waals surface area contributed by atoms with Gasteiger partial charge in [-0.15, -0.1) is 0 Å². The molecule has 128 valence electrons. The van der Waals surface area contributed by atoms with Gasteiger partial charge in [0.2, 0.25) is 5.91 Å². The number of aliphatic hydroxyl groups is 1. The van der Waals surface area contributed by atoms with E-state index < -0.39 is 15.3 Å². The van der Waals surface area contributed by atoms with Crippen LogP contribution in [0.4, 0.5) is 0 Å². The number of hydrogen-bond donors (Lipinski definition) is 1. The van der Waals surface area contributed by atoms with E-state index in [1.165, 1.54) is 6.42 Å². The van der Waals surface area contributed by atoms with Crippen molar-refractivity contribution in [3.8, 4) is 0 Å². The van der Waals surface area contributed by atoms with E-state index in [0.717, 1.165) is 51.6 Å². The fourth-order valence-corrected chi connectivity index (χ4v) is 4.00. The van der Waals surface area contributed by atoms with Gasteiger partial charge in [-0.2, -0.15) is 0 Å². The summed E-state index contributed by atoms with van der Waals surface area (Å²) in [5.41, 5.74) is -0.766. The quantitative estimate of drug-likeness (QED) is 0.857. The molecule has 22 heavy (non-hydrogen) atoms. The van der Waals surface area contributed by atoms with Gasteiger partial charge in [0.15, 0.2) is 0 Å². The van der Waals surface area contributed by atoms with Crippen LogP contribution in [0.3, 0.4) is 0 Å². The molecule has 0 atom stereocenters. The first kappa shape index (κ1) is 17.7. The maximum Gasteiger partial charge on any atom is 0.225 e. The van der Waals surface area contributed by atoms with E-state index in [0.29, 0.717) is 12.5 Å². The Morgan fingerprint density at radius 3 is 2.36 bits per heavy atom. The molecule has 0 aromatic rings. The standard InChI is InChI=1S/C16H30N2O3S/c1-22(2,21)17-13-14-6-10-18(11-7-14)15(19)12-16(20)8-4-3-5-9-16/h14,20H,3-13H2,1-2H3. The minimum absolute atomic E-state index is 0.0922. The number of likely N-dealkylation sites (tertiary alicyclic amines) is 1. The van der Waals surface area contributed by atoms with Crippen LogP contribution in [0.15, 0.2) is 4.36 Å². The van der Waals surface area contributed by atoms with Gasteiger partial charge >= 0.3 is 0 Å². The number of amides is 1. The molecule has 2 fully saturated rings. The lowest BCUT2D eigenvalue weighted by Crippen LogP contribution is -2.44. The van der Waals surface area contributed by atoms with E-state index in [-0.39, 0.29) is 12.3 Å². The molecule has 6 heteroatoms. The zero-order valence-corrected chi connectivity index (χ0v) is 14.7. The van der Waals surface area contributed by atoms with Gasteiger partial charge < -0.3 is 10.0 Å². The van der Waals surface area contributed by atoms with Crippen LogP contribution < -0.4 is 0 Å². The van der Waals surface area contributed by atoms with Crippen molar-refractivity contribution in [1.29, 1.82) is 0 Å². The van der Waals surface area contributed by atoms with Crippen LogP contribution in [-0.4, -0.2) is 57.9 Å². The summed E-state index contributed by atoms with van der Waals surface area (Å²) in [7, 11) is -2.02. The number of carbonyl (C=O) groups excluding carboxylic acids is 1. The van der Waals surface area contributed by atoms with Crippen LogP contribution >= 0.6 is 0 Å². The molecule has 0 spiro atoms. The number of carbonyl (C=O) groups is 1. The molecule has 1 saturated carbocycles. The monoisotopic (exact) mass is 330 g/mol. The first-order chi connectivity index (χ1) is 10.3. The number of hydrogen-bond acceptors (Lipinski definition) is 4. The Morgan fingerprint density at radius 2 is 1.82 bits per heavy atom. The third kappa shape index (κ3) is 5.54. The molecule has 0 radical (unpaired) electrons. The van der Waals surface area contributed by atoms with Crippen molar-refractivity contribution in [2.24, 2.45) is 10.3 Å². The molecule has 2 aliphatic rings. The van der Waals surface area contributed by atoms with E-state index in [1.807, 2.05) is 4.90 Å². The topological polar surface area (TPSA) is 70.0 Å². The molecular weight excluding hydrogens is 300 g/mol. The summed E-state index contributed by atoms with van der Waals surface area (Å²) < 4.78 is 15.8. The molecule has 0 aromatic carbocycles. The zero-order valence-electron chi connectivity index (χ0n) is 13.9. The second-order valence-corrected chi connectivity index (χ2v) is 9.90. The molecule has 1 saturated heterocycles. The lowest BCUT2D eigenvalue weighted by Gasteiger charge is -2.36. The van der Waals surface area contributed by atoms with Crippen molar-refractivity contribution in [1.82, 2.24) is 4.90 Å². The molecule has 1 N–H and O–H groups in total. The van der Waals surface area contributed by atoms with Gasteiger partial charge in [0.25, 0.3) is 0 Å². The van der Waals surface area contributed by atoms with Crippen LogP contribution in [0.5, 0.6) is 0 Å². The summed E-state index contributed by atoms with van der Waals surface area (Å²) in [6, 6.07) is 0. The number of rotatable bonds is 4. The average Bonchev–Trinajstić information content (AvgIpc) is 2.45. The predicted molar refractivity (Wildman–Crippen MR) is 89.2 cm³/mol. The summed E-state index contributed by atoms with van der Waals surface area (Å²) in [4.78, 5) is 14.3. The minimum Gasteiger partial charge on any atom is -0.389 e. The first-order valence-corrected chi connectivity index (χ1v) is 10.7. The third-order valence-corrected chi connectivity index (χ3v) is 5.65. The van der Waals surface area contributed by atoms with Crippen molar-refractivity contribution in [3.05, 3.63) is 0 Å². The summed E-state index contributed by atoms with van der Waals surface area (Å²) in [5.74, 6) is 0.525. The Morgan fingerprint density at radius 1 is 1.23 bits per heavy atom.